The van der Waals surface area contributed by atoms with E-state index in [2.05, 4.69) is 20.3 Å². The van der Waals surface area contributed by atoms with Crippen LogP contribution in [0.15, 0.2) is 5.16 Å². The molecule has 15 heavy (non-hydrogen) atoms. The Kier molecular flexibility index (Phi) is 4.10. The highest BCUT2D eigenvalue weighted by Crippen LogP contribution is 2.14. The first-order valence-electron chi connectivity index (χ1n) is 3.95. The second-order valence-electron chi connectivity index (χ2n) is 2.38. The number of nitrogens with zero attached hydrogens (tertiary/aromatic N) is 3. The van der Waals surface area contributed by atoms with Gasteiger partial charge in [-0.3, -0.25) is 4.79 Å². The summed E-state index contributed by atoms with van der Waals surface area (Å²) in [6.07, 6.45) is 1.80. The average Bonchev–Trinajstić information content (AvgIpc) is 2.25. The van der Waals surface area contributed by atoms with E-state index in [1.165, 1.54) is 18.9 Å². The molecule has 1 rings (SSSR count). The van der Waals surface area contributed by atoms with Gasteiger partial charge in [-0.25, -0.2) is 0 Å². The van der Waals surface area contributed by atoms with E-state index in [1.807, 2.05) is 0 Å². The Bertz CT molecular complexity index is 338. The van der Waals surface area contributed by atoms with Crippen LogP contribution in [0.3, 0.4) is 0 Å². The number of nitrogens with one attached hydrogen (secondary N) is 1. The second-order valence-corrected chi connectivity index (χ2v) is 3.15. The summed E-state index contributed by atoms with van der Waals surface area (Å²) in [5.41, 5.74) is 0. The minimum Gasteiger partial charge on any atom is -0.480 e. The third-order valence-electron chi connectivity index (χ3n) is 1.36. The molecule has 1 heterocycles. The molecule has 0 saturated heterocycles. The molecule has 0 amide bonds. The Balaban J connectivity index is 2.81. The highest BCUT2D eigenvalue weighted by Gasteiger charge is 2.06. The molecule has 8 heteroatoms. The van der Waals surface area contributed by atoms with Crippen molar-refractivity contribution in [2.75, 3.05) is 25.2 Å². The van der Waals surface area contributed by atoms with Crippen LogP contribution in [0.25, 0.3) is 0 Å². The van der Waals surface area contributed by atoms with Gasteiger partial charge in [0.05, 0.1) is 7.11 Å². The molecule has 1 aromatic heterocycles. The molecular weight excluding hydrogens is 220 g/mol. The van der Waals surface area contributed by atoms with Crippen LogP contribution in [0.2, 0.25) is 0 Å². The first kappa shape index (κ1) is 11.5. The van der Waals surface area contributed by atoms with Gasteiger partial charge in [-0.15, -0.1) is 0 Å². The number of carboxylic acids is 1. The van der Waals surface area contributed by atoms with Crippen molar-refractivity contribution < 1.29 is 14.6 Å². The van der Waals surface area contributed by atoms with Crippen LogP contribution in [0.4, 0.5) is 5.95 Å². The minimum absolute atomic E-state index is 0.155. The monoisotopic (exact) mass is 230 g/mol. The molecule has 0 bridgehead atoms. The van der Waals surface area contributed by atoms with Crippen LogP contribution < -0.4 is 10.1 Å². The van der Waals surface area contributed by atoms with Crippen molar-refractivity contribution >= 4 is 23.7 Å². The summed E-state index contributed by atoms with van der Waals surface area (Å²) in [6, 6.07) is 0.155. The minimum atomic E-state index is -0.986. The molecule has 0 aromatic carbocycles. The maximum Gasteiger partial charge on any atom is 0.322 e. The number of aliphatic carboxylic acids is 1. The van der Waals surface area contributed by atoms with Gasteiger partial charge in [-0.05, 0) is 6.26 Å². The van der Waals surface area contributed by atoms with E-state index in [9.17, 15) is 4.79 Å². The van der Waals surface area contributed by atoms with Gasteiger partial charge in [-0.1, -0.05) is 11.8 Å². The predicted molar refractivity (Wildman–Crippen MR) is 54.3 cm³/mol. The first-order chi connectivity index (χ1) is 7.15. The summed E-state index contributed by atoms with van der Waals surface area (Å²) in [5.74, 6) is -0.798. The highest BCUT2D eigenvalue weighted by atomic mass is 32.2. The standard InChI is InChI=1S/C7H10N4O3S/c1-14-6-9-5(8-3-4(12)13)10-7(11-6)15-2/h3H2,1-2H3,(H,12,13)(H,8,9,10,11). The SMILES string of the molecule is COc1nc(NCC(=O)O)nc(SC)n1. The van der Waals surface area contributed by atoms with Crippen LogP contribution in [0.1, 0.15) is 0 Å². The van der Waals surface area contributed by atoms with Crippen molar-refractivity contribution in [1.29, 1.82) is 0 Å². The van der Waals surface area contributed by atoms with Crippen LogP contribution in [-0.4, -0.2) is 45.9 Å². The van der Waals surface area contributed by atoms with E-state index in [0.29, 0.717) is 5.16 Å². The number of methoxy groups -OCH3 is 1. The zero-order valence-electron chi connectivity index (χ0n) is 8.22. The molecule has 1 aromatic rings. The lowest BCUT2D eigenvalue weighted by Crippen LogP contribution is -2.15. The van der Waals surface area contributed by atoms with E-state index >= 15 is 0 Å². The van der Waals surface area contributed by atoms with Crippen LogP contribution in [0.5, 0.6) is 6.01 Å². The van der Waals surface area contributed by atoms with Gasteiger partial charge in [0.2, 0.25) is 5.95 Å². The molecule has 0 fully saturated rings. The zero-order chi connectivity index (χ0) is 11.3. The van der Waals surface area contributed by atoms with Gasteiger partial charge in [0, 0.05) is 0 Å². The average molecular weight is 230 g/mol. The first-order valence-corrected chi connectivity index (χ1v) is 5.18. The fourth-order valence-electron chi connectivity index (χ4n) is 0.754. The molecule has 0 spiro atoms. The number of rotatable bonds is 5. The van der Waals surface area contributed by atoms with Crippen LogP contribution >= 0.6 is 11.8 Å². The molecule has 0 unspecified atom stereocenters. The molecule has 0 aliphatic rings. The summed E-state index contributed by atoms with van der Waals surface area (Å²) in [7, 11) is 1.43. The quantitative estimate of drug-likeness (QED) is 0.687. The Labute approximate surface area is 90.3 Å². The Morgan fingerprint density at radius 2 is 2.27 bits per heavy atom. The largest absolute Gasteiger partial charge is 0.480 e. The normalized spacial score (nSPS) is 9.73. The molecular formula is C7H10N4O3S. The van der Waals surface area contributed by atoms with Gasteiger partial charge in [-0.2, -0.15) is 15.0 Å². The molecule has 0 aliphatic heterocycles. The molecule has 0 saturated carbocycles. The van der Waals surface area contributed by atoms with Crippen molar-refractivity contribution in [2.24, 2.45) is 0 Å². The topological polar surface area (TPSA) is 97.2 Å². The van der Waals surface area contributed by atoms with Crippen molar-refractivity contribution in [3.8, 4) is 6.01 Å². The lowest BCUT2D eigenvalue weighted by atomic mass is 10.6. The van der Waals surface area contributed by atoms with Crippen LogP contribution in [0, 0.1) is 0 Å². The highest BCUT2D eigenvalue weighted by molar-refractivity contribution is 7.98. The molecule has 0 atom stereocenters. The van der Waals surface area contributed by atoms with E-state index in [1.54, 1.807) is 6.26 Å². The van der Waals surface area contributed by atoms with Gasteiger partial charge < -0.3 is 15.2 Å². The number of hydrogen-bond acceptors (Lipinski definition) is 7. The lowest BCUT2D eigenvalue weighted by molar-refractivity contribution is -0.134. The molecule has 82 valence electrons. The molecule has 7 nitrogen and oxygen atoms in total. The van der Waals surface area contributed by atoms with Gasteiger partial charge >= 0.3 is 12.0 Å². The summed E-state index contributed by atoms with van der Waals surface area (Å²) < 4.78 is 4.84. The fraction of sp³-hybridized carbons (Fsp3) is 0.429. The summed E-state index contributed by atoms with van der Waals surface area (Å²) >= 11 is 1.32. The van der Waals surface area contributed by atoms with Crippen molar-refractivity contribution in [3.63, 3.8) is 0 Å². The van der Waals surface area contributed by atoms with Crippen molar-refractivity contribution in [3.05, 3.63) is 0 Å². The maximum atomic E-state index is 10.3. The molecule has 0 radical (unpaired) electrons. The number of carboxylic acid groups (broad SMARTS) is 1. The van der Waals surface area contributed by atoms with Crippen LogP contribution in [-0.2, 0) is 4.79 Å². The number of aromatic nitrogens is 3. The van der Waals surface area contributed by atoms with Gasteiger partial charge in [0.25, 0.3) is 0 Å². The smallest absolute Gasteiger partial charge is 0.322 e. The lowest BCUT2D eigenvalue weighted by Gasteiger charge is -2.04. The summed E-state index contributed by atoms with van der Waals surface area (Å²) in [4.78, 5) is 22.0. The third kappa shape index (κ3) is 3.58. The molecule has 0 aliphatic carbocycles. The Morgan fingerprint density at radius 1 is 1.53 bits per heavy atom. The second kappa shape index (κ2) is 5.35. The van der Waals surface area contributed by atoms with Crippen molar-refractivity contribution in [2.45, 2.75) is 5.16 Å². The zero-order valence-corrected chi connectivity index (χ0v) is 9.04. The van der Waals surface area contributed by atoms with Gasteiger partial charge in [0.1, 0.15) is 6.54 Å². The van der Waals surface area contributed by atoms with Gasteiger partial charge in [0.15, 0.2) is 5.16 Å². The van der Waals surface area contributed by atoms with E-state index < -0.39 is 5.97 Å². The maximum absolute atomic E-state index is 10.3. The number of anilines is 1. The summed E-state index contributed by atoms with van der Waals surface area (Å²) in [5, 5.41) is 11.5. The number of thioether (sulfide) groups is 1. The molecule has 2 N–H and O–H groups in total. The number of hydrogen-bond donors (Lipinski definition) is 2. The predicted octanol–water partition coefficient (Wildman–Crippen LogP) is 0.0986. The van der Waals surface area contributed by atoms with E-state index in [4.69, 9.17) is 9.84 Å². The summed E-state index contributed by atoms with van der Waals surface area (Å²) in [6.45, 7) is -0.249. The third-order valence-corrected chi connectivity index (χ3v) is 1.90. The van der Waals surface area contributed by atoms with E-state index in [0.717, 1.165) is 0 Å². The number of carbonyl (C=O) groups is 1. The Morgan fingerprint density at radius 3 is 2.80 bits per heavy atom. The Hall–Kier alpha value is -1.57. The fourth-order valence-corrected chi connectivity index (χ4v) is 1.10. The van der Waals surface area contributed by atoms with E-state index in [-0.39, 0.29) is 18.5 Å². The number of ether oxygens (including phenoxy) is 1. The van der Waals surface area contributed by atoms with Crippen molar-refractivity contribution in [1.82, 2.24) is 15.0 Å².